The fourth-order valence-corrected chi connectivity index (χ4v) is 2.15. The van der Waals surface area contributed by atoms with Crippen LogP contribution in [0, 0.1) is 6.92 Å². The van der Waals surface area contributed by atoms with E-state index in [1.807, 2.05) is 0 Å². The van der Waals surface area contributed by atoms with Crippen molar-refractivity contribution in [2.24, 2.45) is 0 Å². The lowest BCUT2D eigenvalue weighted by Crippen LogP contribution is -2.27. The van der Waals surface area contributed by atoms with Gasteiger partial charge in [0.05, 0.1) is 0 Å². The number of nitrogens with one attached hydrogen (secondary N) is 1. The molecule has 1 nitrogen and oxygen atoms in total. The van der Waals surface area contributed by atoms with Gasteiger partial charge in [-0.2, -0.15) is 0 Å². The number of hydrogen-bond acceptors (Lipinski definition) is 1. The maximum absolute atomic E-state index is 4.16. The molecular weight excluding hydrogens is 206 g/mol. The summed E-state index contributed by atoms with van der Waals surface area (Å²) in [6.07, 6.45) is 4.88. The van der Waals surface area contributed by atoms with E-state index >= 15 is 0 Å². The van der Waals surface area contributed by atoms with E-state index in [4.69, 9.17) is 0 Å². The summed E-state index contributed by atoms with van der Waals surface area (Å²) in [6, 6.07) is 9.08. The Balaban J connectivity index is 2.63. The van der Waals surface area contributed by atoms with Crippen LogP contribution in [0.3, 0.4) is 0 Å². The van der Waals surface area contributed by atoms with Crippen molar-refractivity contribution in [1.29, 1.82) is 0 Å². The van der Waals surface area contributed by atoms with Crippen molar-refractivity contribution in [3.8, 4) is 0 Å². The third kappa shape index (κ3) is 4.64. The fourth-order valence-electron chi connectivity index (χ4n) is 2.15. The van der Waals surface area contributed by atoms with Gasteiger partial charge in [-0.15, -0.1) is 0 Å². The Bertz CT molecular complexity index is 348. The molecule has 17 heavy (non-hydrogen) atoms. The molecule has 0 heterocycles. The molecule has 0 saturated carbocycles. The van der Waals surface area contributed by atoms with Crippen LogP contribution in [-0.2, 0) is 0 Å². The van der Waals surface area contributed by atoms with Gasteiger partial charge in [0.1, 0.15) is 0 Å². The topological polar surface area (TPSA) is 12.0 Å². The fraction of sp³-hybridized carbons (Fsp3) is 0.500. The second-order valence-corrected chi connectivity index (χ2v) is 4.77. The van der Waals surface area contributed by atoms with Crippen LogP contribution in [0.15, 0.2) is 30.8 Å². The summed E-state index contributed by atoms with van der Waals surface area (Å²) in [5.41, 5.74) is 3.55. The van der Waals surface area contributed by atoms with Crippen LogP contribution in [0.5, 0.6) is 0 Å². The molecule has 0 fully saturated rings. The lowest BCUT2D eigenvalue weighted by Gasteiger charge is -2.20. The first kappa shape index (κ1) is 13.8. The van der Waals surface area contributed by atoms with E-state index in [1.54, 1.807) is 0 Å². The first-order chi connectivity index (χ1) is 8.17. The summed E-state index contributed by atoms with van der Waals surface area (Å²) in [5.74, 6) is 0. The molecule has 1 N–H and O–H groups in total. The third-order valence-electron chi connectivity index (χ3n) is 3.02. The second kappa shape index (κ2) is 7.16. The summed E-state index contributed by atoms with van der Waals surface area (Å²) in [7, 11) is 0. The molecule has 1 aromatic carbocycles. The quantitative estimate of drug-likeness (QED) is 0.727. The SMILES string of the molecule is C=C(NC(CCC)CCC)c1cccc(C)c1. The van der Waals surface area contributed by atoms with Gasteiger partial charge in [-0.05, 0) is 31.4 Å². The van der Waals surface area contributed by atoms with Crippen molar-refractivity contribution in [3.63, 3.8) is 0 Å². The van der Waals surface area contributed by atoms with Gasteiger partial charge < -0.3 is 5.32 Å². The Hall–Kier alpha value is -1.24. The van der Waals surface area contributed by atoms with Crippen molar-refractivity contribution in [1.82, 2.24) is 5.32 Å². The molecule has 0 aliphatic heterocycles. The zero-order valence-corrected chi connectivity index (χ0v) is 11.4. The highest BCUT2D eigenvalue weighted by molar-refractivity contribution is 5.62. The number of hydrogen-bond donors (Lipinski definition) is 1. The number of aryl methyl sites for hydroxylation is 1. The first-order valence-corrected chi connectivity index (χ1v) is 6.69. The van der Waals surface area contributed by atoms with Crippen molar-refractivity contribution >= 4 is 5.70 Å². The summed E-state index contributed by atoms with van der Waals surface area (Å²) in [6.45, 7) is 10.7. The summed E-state index contributed by atoms with van der Waals surface area (Å²) in [5, 5.41) is 3.57. The van der Waals surface area contributed by atoms with Gasteiger partial charge in [0.2, 0.25) is 0 Å². The van der Waals surface area contributed by atoms with E-state index in [0.717, 1.165) is 5.70 Å². The van der Waals surface area contributed by atoms with Crippen LogP contribution in [0.1, 0.15) is 50.7 Å². The highest BCUT2D eigenvalue weighted by Crippen LogP contribution is 2.15. The zero-order valence-electron chi connectivity index (χ0n) is 11.4. The molecule has 0 spiro atoms. The standard InChI is InChI=1S/C16H25N/c1-5-8-16(9-6-2)17-14(4)15-11-7-10-13(3)12-15/h7,10-12,16-17H,4-6,8-9H2,1-3H3. The molecule has 0 radical (unpaired) electrons. The van der Waals surface area contributed by atoms with E-state index in [1.165, 1.54) is 36.8 Å². The lowest BCUT2D eigenvalue weighted by molar-refractivity contribution is 0.502. The maximum atomic E-state index is 4.16. The molecule has 0 aliphatic carbocycles. The van der Waals surface area contributed by atoms with Gasteiger partial charge in [-0.1, -0.05) is 57.0 Å². The molecule has 0 aliphatic rings. The van der Waals surface area contributed by atoms with Crippen LogP contribution in [0.2, 0.25) is 0 Å². The predicted molar refractivity (Wildman–Crippen MR) is 77.0 cm³/mol. The van der Waals surface area contributed by atoms with Crippen molar-refractivity contribution in [2.45, 2.75) is 52.5 Å². The Morgan fingerprint density at radius 1 is 1.24 bits per heavy atom. The summed E-state index contributed by atoms with van der Waals surface area (Å²) < 4.78 is 0. The summed E-state index contributed by atoms with van der Waals surface area (Å²) in [4.78, 5) is 0. The Morgan fingerprint density at radius 3 is 2.41 bits per heavy atom. The van der Waals surface area contributed by atoms with Crippen LogP contribution < -0.4 is 5.32 Å². The molecule has 0 amide bonds. The molecule has 94 valence electrons. The van der Waals surface area contributed by atoms with E-state index in [0.29, 0.717) is 6.04 Å². The Morgan fingerprint density at radius 2 is 1.88 bits per heavy atom. The van der Waals surface area contributed by atoms with Crippen molar-refractivity contribution < 1.29 is 0 Å². The molecule has 0 atom stereocenters. The molecule has 1 rings (SSSR count). The van der Waals surface area contributed by atoms with E-state index in [9.17, 15) is 0 Å². The van der Waals surface area contributed by atoms with Gasteiger partial charge in [0.15, 0.2) is 0 Å². The maximum Gasteiger partial charge on any atom is 0.0342 e. The molecule has 1 heteroatoms. The Labute approximate surface area is 106 Å². The monoisotopic (exact) mass is 231 g/mol. The highest BCUT2D eigenvalue weighted by Gasteiger charge is 2.08. The molecule has 1 aromatic rings. The average Bonchev–Trinajstić information content (AvgIpc) is 2.29. The van der Waals surface area contributed by atoms with Gasteiger partial charge in [0, 0.05) is 11.7 Å². The number of rotatable bonds is 7. The Kier molecular flexibility index (Phi) is 5.82. The molecule has 0 bridgehead atoms. The van der Waals surface area contributed by atoms with Gasteiger partial charge >= 0.3 is 0 Å². The van der Waals surface area contributed by atoms with Crippen LogP contribution in [0.4, 0.5) is 0 Å². The molecule has 0 saturated heterocycles. The highest BCUT2D eigenvalue weighted by atomic mass is 14.9. The van der Waals surface area contributed by atoms with Crippen LogP contribution >= 0.6 is 0 Å². The minimum Gasteiger partial charge on any atom is -0.382 e. The smallest absolute Gasteiger partial charge is 0.0342 e. The zero-order chi connectivity index (χ0) is 12.7. The van der Waals surface area contributed by atoms with Gasteiger partial charge in [0.25, 0.3) is 0 Å². The number of benzene rings is 1. The van der Waals surface area contributed by atoms with E-state index < -0.39 is 0 Å². The molecule has 0 unspecified atom stereocenters. The average molecular weight is 231 g/mol. The minimum atomic E-state index is 0.568. The third-order valence-corrected chi connectivity index (χ3v) is 3.02. The van der Waals surface area contributed by atoms with Crippen LogP contribution in [0.25, 0.3) is 5.70 Å². The van der Waals surface area contributed by atoms with E-state index in [-0.39, 0.29) is 0 Å². The minimum absolute atomic E-state index is 0.568. The largest absolute Gasteiger partial charge is 0.382 e. The summed E-state index contributed by atoms with van der Waals surface area (Å²) >= 11 is 0. The van der Waals surface area contributed by atoms with Crippen molar-refractivity contribution in [3.05, 3.63) is 42.0 Å². The first-order valence-electron chi connectivity index (χ1n) is 6.69. The van der Waals surface area contributed by atoms with Crippen molar-refractivity contribution in [2.75, 3.05) is 0 Å². The van der Waals surface area contributed by atoms with Gasteiger partial charge in [-0.25, -0.2) is 0 Å². The van der Waals surface area contributed by atoms with E-state index in [2.05, 4.69) is 56.9 Å². The second-order valence-electron chi connectivity index (χ2n) is 4.77. The normalized spacial score (nSPS) is 10.6. The molecule has 0 aromatic heterocycles. The van der Waals surface area contributed by atoms with Crippen LogP contribution in [-0.4, -0.2) is 6.04 Å². The van der Waals surface area contributed by atoms with Gasteiger partial charge in [-0.3, -0.25) is 0 Å². The molecular formula is C16H25N. The predicted octanol–water partition coefficient (Wildman–Crippen LogP) is 4.52. The lowest BCUT2D eigenvalue weighted by atomic mass is 10.0.